The molecule has 0 N–H and O–H groups in total. The molecule has 7 heteroatoms. The van der Waals surface area contributed by atoms with E-state index in [4.69, 9.17) is 18.9 Å². The standard InChI is InChI=1S/C19H30O7/c1-5-6-15(20)25-14-7-12-8-19(23-10-18(2,3)11-24-19)9-13(12)16(14)26-17(21)22-4/h12-14,16H,5-11H2,1-4H3/t12-,13+,14+,16+/m0/s1. The summed E-state index contributed by atoms with van der Waals surface area (Å²) in [5.41, 5.74) is 0.00306. The number of hydrogen-bond acceptors (Lipinski definition) is 7. The summed E-state index contributed by atoms with van der Waals surface area (Å²) < 4.78 is 28.0. The van der Waals surface area contributed by atoms with E-state index in [2.05, 4.69) is 18.6 Å². The molecule has 148 valence electrons. The maximum absolute atomic E-state index is 11.9. The Bertz CT molecular complexity index is 534. The van der Waals surface area contributed by atoms with Gasteiger partial charge in [0, 0.05) is 30.6 Å². The Kier molecular flexibility index (Phi) is 5.49. The van der Waals surface area contributed by atoms with Crippen molar-refractivity contribution in [2.45, 2.75) is 70.9 Å². The van der Waals surface area contributed by atoms with Crippen molar-refractivity contribution >= 4 is 12.1 Å². The summed E-state index contributed by atoms with van der Waals surface area (Å²) >= 11 is 0. The van der Waals surface area contributed by atoms with E-state index >= 15 is 0 Å². The number of hydrogen-bond donors (Lipinski definition) is 0. The topological polar surface area (TPSA) is 80.3 Å². The first-order valence-corrected chi connectivity index (χ1v) is 9.49. The highest BCUT2D eigenvalue weighted by molar-refractivity contribution is 5.69. The zero-order valence-corrected chi connectivity index (χ0v) is 16.1. The summed E-state index contributed by atoms with van der Waals surface area (Å²) in [4.78, 5) is 23.7. The van der Waals surface area contributed by atoms with E-state index in [1.807, 2.05) is 6.92 Å². The lowest BCUT2D eigenvalue weighted by Crippen LogP contribution is -2.47. The molecule has 0 aromatic heterocycles. The van der Waals surface area contributed by atoms with Gasteiger partial charge in [0.05, 0.1) is 20.3 Å². The van der Waals surface area contributed by atoms with E-state index in [0.717, 1.165) is 12.8 Å². The maximum Gasteiger partial charge on any atom is 0.508 e. The largest absolute Gasteiger partial charge is 0.508 e. The van der Waals surface area contributed by atoms with E-state index < -0.39 is 24.2 Å². The zero-order valence-electron chi connectivity index (χ0n) is 16.1. The monoisotopic (exact) mass is 370 g/mol. The first-order valence-electron chi connectivity index (χ1n) is 9.49. The van der Waals surface area contributed by atoms with Crippen LogP contribution in [0.3, 0.4) is 0 Å². The van der Waals surface area contributed by atoms with Crippen LogP contribution in [0.15, 0.2) is 0 Å². The van der Waals surface area contributed by atoms with Crippen molar-refractivity contribution in [3.63, 3.8) is 0 Å². The SMILES string of the molecule is CCCC(=O)O[C@@H]1C[C@H]2CC3(C[C@H]2[C@H]1OC(=O)OC)OCC(C)(C)CO3. The molecule has 3 aliphatic rings. The Morgan fingerprint density at radius 1 is 1.12 bits per heavy atom. The van der Waals surface area contributed by atoms with Gasteiger partial charge in [-0.15, -0.1) is 0 Å². The van der Waals surface area contributed by atoms with Crippen LogP contribution in [-0.2, 0) is 28.5 Å². The Labute approximate surface area is 154 Å². The molecule has 1 heterocycles. The highest BCUT2D eigenvalue weighted by atomic mass is 16.7. The molecule has 0 amide bonds. The smallest absolute Gasteiger partial charge is 0.458 e. The summed E-state index contributed by atoms with van der Waals surface area (Å²) in [6.07, 6.45) is 1.41. The van der Waals surface area contributed by atoms with Gasteiger partial charge in [-0.25, -0.2) is 4.79 Å². The molecule has 1 aliphatic heterocycles. The highest BCUT2D eigenvalue weighted by Gasteiger charge is 2.59. The van der Waals surface area contributed by atoms with E-state index in [0.29, 0.717) is 32.5 Å². The van der Waals surface area contributed by atoms with Crippen molar-refractivity contribution in [3.05, 3.63) is 0 Å². The molecule has 7 nitrogen and oxygen atoms in total. The molecule has 3 rings (SSSR count). The molecule has 0 aromatic rings. The van der Waals surface area contributed by atoms with Gasteiger partial charge in [-0.2, -0.15) is 0 Å². The minimum Gasteiger partial charge on any atom is -0.458 e. The molecule has 1 saturated heterocycles. The van der Waals surface area contributed by atoms with Crippen LogP contribution in [0.25, 0.3) is 0 Å². The molecule has 1 spiro atoms. The Morgan fingerprint density at radius 3 is 2.42 bits per heavy atom. The third-order valence-electron chi connectivity index (χ3n) is 5.64. The van der Waals surface area contributed by atoms with Crippen LogP contribution in [0, 0.1) is 17.3 Å². The molecule has 0 aromatic carbocycles. The minimum atomic E-state index is -0.750. The van der Waals surface area contributed by atoms with Crippen LogP contribution in [0.4, 0.5) is 4.79 Å². The first kappa shape index (κ1) is 19.4. The number of esters is 1. The quantitative estimate of drug-likeness (QED) is 0.704. The Hall–Kier alpha value is -1.34. The minimum absolute atomic E-state index is 0.00306. The fraction of sp³-hybridized carbons (Fsp3) is 0.895. The van der Waals surface area contributed by atoms with Gasteiger partial charge >= 0.3 is 12.1 Å². The number of carbonyl (C=O) groups is 2. The van der Waals surface area contributed by atoms with E-state index in [1.165, 1.54) is 7.11 Å². The van der Waals surface area contributed by atoms with Crippen molar-refractivity contribution in [1.29, 1.82) is 0 Å². The van der Waals surface area contributed by atoms with Gasteiger partial charge in [-0.3, -0.25) is 4.79 Å². The second kappa shape index (κ2) is 7.35. The van der Waals surface area contributed by atoms with Crippen LogP contribution in [0.2, 0.25) is 0 Å². The number of fused-ring (bicyclic) bond motifs is 1. The van der Waals surface area contributed by atoms with Crippen LogP contribution in [-0.4, -0.2) is 50.4 Å². The molecule has 0 bridgehead atoms. The second-order valence-electron chi connectivity index (χ2n) is 8.54. The molecule has 0 unspecified atom stereocenters. The molecule has 2 aliphatic carbocycles. The van der Waals surface area contributed by atoms with E-state index in [1.54, 1.807) is 0 Å². The van der Waals surface area contributed by atoms with Gasteiger partial charge < -0.3 is 23.7 Å². The van der Waals surface area contributed by atoms with E-state index in [9.17, 15) is 9.59 Å². The predicted molar refractivity (Wildman–Crippen MR) is 91.3 cm³/mol. The van der Waals surface area contributed by atoms with Crippen molar-refractivity contribution in [2.24, 2.45) is 17.3 Å². The van der Waals surface area contributed by atoms with Crippen LogP contribution in [0.5, 0.6) is 0 Å². The summed E-state index contributed by atoms with van der Waals surface area (Å²) in [5.74, 6) is -0.598. The lowest BCUT2D eigenvalue weighted by molar-refractivity contribution is -0.298. The summed E-state index contributed by atoms with van der Waals surface area (Å²) in [5, 5.41) is 0. The van der Waals surface area contributed by atoms with Gasteiger partial charge in [0.2, 0.25) is 0 Å². The fourth-order valence-electron chi connectivity index (χ4n) is 4.35. The molecular weight excluding hydrogens is 340 g/mol. The number of carbonyl (C=O) groups excluding carboxylic acids is 2. The van der Waals surface area contributed by atoms with Gasteiger partial charge in [-0.1, -0.05) is 20.8 Å². The highest BCUT2D eigenvalue weighted by Crippen LogP contribution is 2.54. The molecule has 2 saturated carbocycles. The molecule has 4 atom stereocenters. The van der Waals surface area contributed by atoms with Gasteiger partial charge in [-0.05, 0) is 18.8 Å². The fourth-order valence-corrected chi connectivity index (χ4v) is 4.35. The molecule has 3 fully saturated rings. The zero-order chi connectivity index (χ0) is 18.9. The van der Waals surface area contributed by atoms with Gasteiger partial charge in [0.15, 0.2) is 5.79 Å². The Morgan fingerprint density at radius 2 is 1.81 bits per heavy atom. The second-order valence-corrected chi connectivity index (χ2v) is 8.54. The maximum atomic E-state index is 11.9. The first-order chi connectivity index (χ1) is 12.3. The van der Waals surface area contributed by atoms with Crippen molar-refractivity contribution in [2.75, 3.05) is 20.3 Å². The predicted octanol–water partition coefficient (Wildman–Crippen LogP) is 3.05. The van der Waals surface area contributed by atoms with Crippen molar-refractivity contribution < 1.29 is 33.3 Å². The van der Waals surface area contributed by atoms with Crippen molar-refractivity contribution in [3.8, 4) is 0 Å². The number of methoxy groups -OCH3 is 1. The third kappa shape index (κ3) is 3.98. The van der Waals surface area contributed by atoms with Crippen LogP contribution < -0.4 is 0 Å². The van der Waals surface area contributed by atoms with Crippen LogP contribution in [0.1, 0.15) is 52.9 Å². The molecular formula is C19H30O7. The molecule has 26 heavy (non-hydrogen) atoms. The lowest BCUT2D eigenvalue weighted by atomic mass is 9.94. The molecule has 0 radical (unpaired) electrons. The average Bonchev–Trinajstić information content (AvgIpc) is 3.07. The summed E-state index contributed by atoms with van der Waals surface area (Å²) in [6, 6.07) is 0. The number of rotatable bonds is 4. The normalized spacial score (nSPS) is 34.3. The van der Waals surface area contributed by atoms with Gasteiger partial charge in [0.1, 0.15) is 12.2 Å². The van der Waals surface area contributed by atoms with Gasteiger partial charge in [0.25, 0.3) is 0 Å². The average molecular weight is 370 g/mol. The third-order valence-corrected chi connectivity index (χ3v) is 5.64. The van der Waals surface area contributed by atoms with Crippen LogP contribution >= 0.6 is 0 Å². The summed E-state index contributed by atoms with van der Waals surface area (Å²) in [6.45, 7) is 7.44. The Balaban J connectivity index is 1.69. The number of ether oxygens (including phenoxy) is 5. The lowest BCUT2D eigenvalue weighted by Gasteiger charge is -2.42. The van der Waals surface area contributed by atoms with Crippen molar-refractivity contribution in [1.82, 2.24) is 0 Å². The summed E-state index contributed by atoms with van der Waals surface area (Å²) in [7, 11) is 1.28. The van der Waals surface area contributed by atoms with E-state index in [-0.39, 0.29) is 23.2 Å².